The molecule has 0 bridgehead atoms. The number of hydrogen-bond acceptors (Lipinski definition) is 2. The fraction of sp³-hybridized carbons (Fsp3) is 0.462. The molecule has 0 heterocycles. The Labute approximate surface area is 107 Å². The summed E-state index contributed by atoms with van der Waals surface area (Å²) in [5.74, 6) is -0.286. The first-order valence-electron chi connectivity index (χ1n) is 5.94. The molecular weight excluding hydrogens is 235 g/mol. The molecule has 1 saturated carbocycles. The zero-order valence-electron chi connectivity index (χ0n) is 9.95. The average Bonchev–Trinajstić information content (AvgIpc) is 3.11. The van der Waals surface area contributed by atoms with E-state index in [0.717, 1.165) is 18.7 Å². The van der Waals surface area contributed by atoms with Gasteiger partial charge >= 0.3 is 0 Å². The monoisotopic (exact) mass is 252 g/mol. The third-order valence-electron chi connectivity index (χ3n) is 3.18. The molecule has 0 unspecified atom stereocenters. The molecule has 0 aromatic heterocycles. The normalized spacial score (nSPS) is 15.2. The van der Waals surface area contributed by atoms with E-state index in [1.165, 1.54) is 25.0 Å². The molecule has 2 rings (SSSR count). The Morgan fingerprint density at radius 3 is 2.76 bits per heavy atom. The summed E-state index contributed by atoms with van der Waals surface area (Å²) in [4.78, 5) is 2.65. The molecule has 1 aromatic rings. The van der Waals surface area contributed by atoms with E-state index in [9.17, 15) is 4.39 Å². The molecule has 1 fully saturated rings. The Morgan fingerprint density at radius 2 is 2.24 bits per heavy atom. The predicted octanol–water partition coefficient (Wildman–Crippen LogP) is 2.44. The largest absolute Gasteiger partial charge is 0.389 e. The van der Waals surface area contributed by atoms with Crippen molar-refractivity contribution in [1.82, 2.24) is 4.90 Å². The van der Waals surface area contributed by atoms with Crippen molar-refractivity contribution in [2.45, 2.75) is 32.4 Å². The zero-order chi connectivity index (χ0) is 12.4. The van der Waals surface area contributed by atoms with E-state index in [1.54, 1.807) is 6.07 Å². The van der Waals surface area contributed by atoms with Crippen LogP contribution in [0.5, 0.6) is 0 Å². The lowest BCUT2D eigenvalue weighted by Gasteiger charge is -2.21. The first-order valence-corrected chi connectivity index (χ1v) is 6.35. The van der Waals surface area contributed by atoms with Gasteiger partial charge in [-0.05, 0) is 37.1 Å². The predicted molar refractivity (Wildman–Crippen MR) is 71.4 cm³/mol. The lowest BCUT2D eigenvalue weighted by atomic mass is 10.1. The van der Waals surface area contributed by atoms with Crippen molar-refractivity contribution < 1.29 is 4.39 Å². The van der Waals surface area contributed by atoms with Crippen LogP contribution in [0, 0.1) is 5.82 Å². The van der Waals surface area contributed by atoms with Gasteiger partial charge in [-0.15, -0.1) is 0 Å². The fourth-order valence-electron chi connectivity index (χ4n) is 2.07. The minimum absolute atomic E-state index is 0.270. The molecule has 0 aliphatic heterocycles. The number of hydrogen-bond donors (Lipinski definition) is 1. The number of rotatable bonds is 5. The van der Waals surface area contributed by atoms with Crippen molar-refractivity contribution in [3.63, 3.8) is 0 Å². The minimum atomic E-state index is -0.286. The van der Waals surface area contributed by atoms with Crippen molar-refractivity contribution in [3.8, 4) is 0 Å². The highest BCUT2D eigenvalue weighted by Gasteiger charge is 2.28. The number of thiocarbonyl (C=S) groups is 1. The average molecular weight is 252 g/mol. The highest BCUT2D eigenvalue weighted by Crippen LogP contribution is 2.28. The van der Waals surface area contributed by atoms with E-state index in [1.807, 2.05) is 0 Å². The molecule has 2 nitrogen and oxygen atoms in total. The van der Waals surface area contributed by atoms with Gasteiger partial charge in [-0.25, -0.2) is 4.39 Å². The number of halogens is 1. The first-order chi connectivity index (χ1) is 8.11. The second kappa shape index (κ2) is 5.10. The van der Waals surface area contributed by atoms with Crippen molar-refractivity contribution in [3.05, 3.63) is 35.1 Å². The van der Waals surface area contributed by atoms with Gasteiger partial charge in [-0.2, -0.15) is 0 Å². The molecule has 1 aliphatic carbocycles. The second-order valence-corrected chi connectivity index (χ2v) is 4.90. The Kier molecular flexibility index (Phi) is 3.74. The Hall–Kier alpha value is -1.00. The van der Waals surface area contributed by atoms with Gasteiger partial charge in [-0.3, -0.25) is 4.90 Å². The molecule has 0 spiro atoms. The maximum absolute atomic E-state index is 13.2. The summed E-state index contributed by atoms with van der Waals surface area (Å²) in [5.41, 5.74) is 7.33. The summed E-state index contributed by atoms with van der Waals surface area (Å²) >= 11 is 4.97. The van der Waals surface area contributed by atoms with E-state index in [0.29, 0.717) is 11.6 Å². The summed E-state index contributed by atoms with van der Waals surface area (Å²) < 4.78 is 13.2. The van der Waals surface area contributed by atoms with Crippen LogP contribution in [0.25, 0.3) is 0 Å². The lowest BCUT2D eigenvalue weighted by Crippen LogP contribution is -2.26. The number of nitrogens with zero attached hydrogens (tertiary/aromatic N) is 1. The van der Waals surface area contributed by atoms with Gasteiger partial charge in [0.15, 0.2) is 0 Å². The van der Waals surface area contributed by atoms with Crippen LogP contribution in [0.15, 0.2) is 18.2 Å². The molecule has 4 heteroatoms. The summed E-state index contributed by atoms with van der Waals surface area (Å²) in [5, 5.41) is 0. The van der Waals surface area contributed by atoms with Crippen LogP contribution >= 0.6 is 12.2 Å². The van der Waals surface area contributed by atoms with Crippen LogP contribution in [-0.4, -0.2) is 22.5 Å². The van der Waals surface area contributed by atoms with Gasteiger partial charge in [-0.1, -0.05) is 25.2 Å². The van der Waals surface area contributed by atoms with Crippen molar-refractivity contribution in [1.29, 1.82) is 0 Å². The number of benzene rings is 1. The molecule has 2 N–H and O–H groups in total. The summed E-state index contributed by atoms with van der Waals surface area (Å²) in [6.07, 6.45) is 2.52. The fourth-order valence-corrected chi connectivity index (χ4v) is 2.26. The first kappa shape index (κ1) is 12.5. The van der Waals surface area contributed by atoms with E-state index < -0.39 is 0 Å². The summed E-state index contributed by atoms with van der Waals surface area (Å²) in [6, 6.07) is 5.37. The maximum atomic E-state index is 13.2. The molecular formula is C13H17FN2S. The maximum Gasteiger partial charge on any atom is 0.123 e. The van der Waals surface area contributed by atoms with Crippen LogP contribution in [0.3, 0.4) is 0 Å². The smallest absolute Gasteiger partial charge is 0.123 e. The van der Waals surface area contributed by atoms with E-state index in [2.05, 4.69) is 11.8 Å². The van der Waals surface area contributed by atoms with Gasteiger partial charge in [0.2, 0.25) is 0 Å². The molecule has 0 saturated heterocycles. The van der Waals surface area contributed by atoms with Crippen molar-refractivity contribution >= 4 is 17.2 Å². The topological polar surface area (TPSA) is 29.3 Å². The van der Waals surface area contributed by atoms with Crippen LogP contribution < -0.4 is 5.73 Å². The molecule has 0 amide bonds. The lowest BCUT2D eigenvalue weighted by molar-refractivity contribution is 0.269. The molecule has 92 valence electrons. The zero-order valence-corrected chi connectivity index (χ0v) is 10.8. The van der Waals surface area contributed by atoms with Gasteiger partial charge in [0.25, 0.3) is 0 Å². The van der Waals surface area contributed by atoms with Crippen LogP contribution in [0.2, 0.25) is 0 Å². The molecule has 0 radical (unpaired) electrons. The SMILES string of the molecule is CCN(Cc1ccc(F)cc1C(N)=S)C1CC1. The highest BCUT2D eigenvalue weighted by molar-refractivity contribution is 7.80. The molecule has 17 heavy (non-hydrogen) atoms. The summed E-state index contributed by atoms with van der Waals surface area (Å²) in [6.45, 7) is 3.94. The van der Waals surface area contributed by atoms with Crippen molar-refractivity contribution in [2.75, 3.05) is 6.54 Å². The van der Waals surface area contributed by atoms with Crippen LogP contribution in [0.1, 0.15) is 30.9 Å². The van der Waals surface area contributed by atoms with Gasteiger partial charge in [0, 0.05) is 18.2 Å². The third-order valence-corrected chi connectivity index (χ3v) is 3.40. The third kappa shape index (κ3) is 3.01. The Balaban J connectivity index is 2.21. The van der Waals surface area contributed by atoms with Crippen molar-refractivity contribution in [2.24, 2.45) is 5.73 Å². The van der Waals surface area contributed by atoms with Gasteiger partial charge < -0.3 is 5.73 Å². The Bertz CT molecular complexity index is 429. The second-order valence-electron chi connectivity index (χ2n) is 4.46. The van der Waals surface area contributed by atoms with Gasteiger partial charge in [0.1, 0.15) is 10.8 Å². The van der Waals surface area contributed by atoms with Crippen LogP contribution in [-0.2, 0) is 6.54 Å². The molecule has 1 aromatic carbocycles. The van der Waals surface area contributed by atoms with E-state index in [-0.39, 0.29) is 10.8 Å². The Morgan fingerprint density at radius 1 is 1.53 bits per heavy atom. The molecule has 1 aliphatic rings. The molecule has 0 atom stereocenters. The minimum Gasteiger partial charge on any atom is -0.389 e. The number of nitrogens with two attached hydrogens (primary N) is 1. The summed E-state index contributed by atoms with van der Waals surface area (Å²) in [7, 11) is 0. The quantitative estimate of drug-likeness (QED) is 0.816. The van der Waals surface area contributed by atoms with E-state index in [4.69, 9.17) is 18.0 Å². The standard InChI is InChI=1S/C13H17FN2S/c1-2-16(11-5-6-11)8-9-3-4-10(14)7-12(9)13(15)17/h3-4,7,11H,2,5-6,8H2,1H3,(H2,15,17). The van der Waals surface area contributed by atoms with Crippen LogP contribution in [0.4, 0.5) is 4.39 Å². The van der Waals surface area contributed by atoms with Gasteiger partial charge in [0.05, 0.1) is 0 Å². The highest BCUT2D eigenvalue weighted by atomic mass is 32.1. The van der Waals surface area contributed by atoms with E-state index >= 15 is 0 Å².